The van der Waals surface area contributed by atoms with Crippen molar-refractivity contribution >= 4 is 17.7 Å². The molecule has 0 saturated carbocycles. The summed E-state index contributed by atoms with van der Waals surface area (Å²) in [6.45, 7) is -2.61. The van der Waals surface area contributed by atoms with Gasteiger partial charge in [0.05, 0.1) is 11.3 Å². The summed E-state index contributed by atoms with van der Waals surface area (Å²) in [7, 11) is 1.62. The number of amides is 1. The van der Waals surface area contributed by atoms with Gasteiger partial charge < -0.3 is 15.5 Å². The highest BCUT2D eigenvalue weighted by Crippen LogP contribution is 2.24. The molecule has 2 N–H and O–H groups in total. The Morgan fingerprint density at radius 3 is 2.57 bits per heavy atom. The fourth-order valence-electron chi connectivity index (χ4n) is 2.58. The van der Waals surface area contributed by atoms with Crippen LogP contribution in [0.2, 0.25) is 0 Å². The van der Waals surface area contributed by atoms with Crippen LogP contribution in [-0.4, -0.2) is 45.1 Å². The van der Waals surface area contributed by atoms with E-state index in [4.69, 9.17) is 5.84 Å². The monoisotopic (exact) mass is 437 g/mol. The molecule has 30 heavy (non-hydrogen) atoms. The number of ether oxygens (including phenoxy) is 1. The first-order valence-electron chi connectivity index (χ1n) is 8.71. The number of hydrogen-bond acceptors (Lipinski definition) is 6. The van der Waals surface area contributed by atoms with Crippen LogP contribution in [0.3, 0.4) is 0 Å². The predicted octanol–water partition coefficient (Wildman–Crippen LogP) is 3.15. The van der Waals surface area contributed by atoms with Crippen LogP contribution in [0.1, 0.15) is 5.56 Å². The molecule has 0 fully saturated rings. The highest BCUT2D eigenvalue weighted by molar-refractivity contribution is 7.99. The maximum atomic E-state index is 13.9. The molecule has 0 aliphatic rings. The number of alkyl halides is 2. The molecule has 0 aliphatic carbocycles. The van der Waals surface area contributed by atoms with Gasteiger partial charge in [-0.25, -0.2) is 9.07 Å². The molecule has 1 amide bonds. The number of nitrogens with zero attached hydrogens (tertiary/aromatic N) is 4. The molecule has 2 aromatic carbocycles. The number of carbonyl (C=O) groups is 1. The third-order valence-corrected chi connectivity index (χ3v) is 5.03. The van der Waals surface area contributed by atoms with Crippen LogP contribution in [0.4, 0.5) is 13.2 Å². The van der Waals surface area contributed by atoms with E-state index < -0.39 is 12.4 Å². The quantitative estimate of drug-likeness (QED) is 0.430. The molecule has 0 radical (unpaired) electrons. The first-order valence-corrected chi connectivity index (χ1v) is 9.69. The SMILES string of the molecule is CN(Cc1ccc(OC(F)F)cc1)C(=O)CSc1nnc(-c2ccccc2F)n1N. The Bertz CT molecular complexity index is 1010. The summed E-state index contributed by atoms with van der Waals surface area (Å²) in [6, 6.07) is 12.1. The van der Waals surface area contributed by atoms with Gasteiger partial charge in [0, 0.05) is 13.6 Å². The summed E-state index contributed by atoms with van der Waals surface area (Å²) in [5.74, 6) is 5.51. The molecular formula is C19H18F3N5O2S. The molecule has 1 heterocycles. The zero-order valence-corrected chi connectivity index (χ0v) is 16.7. The Balaban J connectivity index is 1.57. The van der Waals surface area contributed by atoms with Gasteiger partial charge in [0.15, 0.2) is 5.82 Å². The summed E-state index contributed by atoms with van der Waals surface area (Å²) in [4.78, 5) is 13.9. The van der Waals surface area contributed by atoms with Crippen molar-refractivity contribution in [3.63, 3.8) is 0 Å². The molecule has 3 rings (SSSR count). The van der Waals surface area contributed by atoms with Crippen molar-refractivity contribution in [2.24, 2.45) is 0 Å². The summed E-state index contributed by atoms with van der Waals surface area (Å²) >= 11 is 1.07. The van der Waals surface area contributed by atoms with Gasteiger partial charge in [-0.1, -0.05) is 36.0 Å². The highest BCUT2D eigenvalue weighted by Gasteiger charge is 2.17. The van der Waals surface area contributed by atoms with E-state index in [9.17, 15) is 18.0 Å². The largest absolute Gasteiger partial charge is 0.435 e. The van der Waals surface area contributed by atoms with E-state index in [0.29, 0.717) is 0 Å². The van der Waals surface area contributed by atoms with Gasteiger partial charge in [-0.05, 0) is 29.8 Å². The minimum absolute atomic E-state index is 0.0374. The van der Waals surface area contributed by atoms with Gasteiger partial charge in [-0.15, -0.1) is 10.2 Å². The number of aromatic nitrogens is 3. The molecule has 0 unspecified atom stereocenters. The third kappa shape index (κ3) is 5.23. The Morgan fingerprint density at radius 2 is 1.90 bits per heavy atom. The van der Waals surface area contributed by atoms with Crippen LogP contribution in [-0.2, 0) is 11.3 Å². The van der Waals surface area contributed by atoms with Crippen LogP contribution in [0.5, 0.6) is 5.75 Å². The molecule has 0 spiro atoms. The van der Waals surface area contributed by atoms with Crippen molar-refractivity contribution in [2.75, 3.05) is 18.6 Å². The second kappa shape index (κ2) is 9.53. The number of thioether (sulfide) groups is 1. The normalized spacial score (nSPS) is 11.0. The summed E-state index contributed by atoms with van der Waals surface area (Å²) in [6.07, 6.45) is 0. The highest BCUT2D eigenvalue weighted by atomic mass is 32.2. The second-order valence-electron chi connectivity index (χ2n) is 6.22. The van der Waals surface area contributed by atoms with E-state index in [0.717, 1.165) is 22.0 Å². The average molecular weight is 437 g/mol. The van der Waals surface area contributed by atoms with E-state index in [1.54, 1.807) is 31.3 Å². The van der Waals surface area contributed by atoms with E-state index >= 15 is 0 Å². The van der Waals surface area contributed by atoms with Crippen LogP contribution in [0.25, 0.3) is 11.4 Å². The lowest BCUT2D eigenvalue weighted by Crippen LogP contribution is -2.28. The second-order valence-corrected chi connectivity index (χ2v) is 7.16. The van der Waals surface area contributed by atoms with Crippen LogP contribution < -0.4 is 10.6 Å². The lowest BCUT2D eigenvalue weighted by atomic mass is 10.2. The minimum Gasteiger partial charge on any atom is -0.435 e. The van der Waals surface area contributed by atoms with Crippen LogP contribution in [0.15, 0.2) is 53.7 Å². The van der Waals surface area contributed by atoms with E-state index in [-0.39, 0.29) is 40.5 Å². The Labute approximate surface area is 174 Å². The van der Waals surface area contributed by atoms with Gasteiger partial charge in [-0.2, -0.15) is 8.78 Å². The number of hydrogen-bond donors (Lipinski definition) is 1. The van der Waals surface area contributed by atoms with E-state index in [2.05, 4.69) is 14.9 Å². The Morgan fingerprint density at radius 1 is 1.20 bits per heavy atom. The number of carbonyl (C=O) groups excluding carboxylic acids is 1. The number of nitrogens with two attached hydrogens (primary N) is 1. The summed E-state index contributed by atoms with van der Waals surface area (Å²) in [5, 5.41) is 8.09. The summed E-state index contributed by atoms with van der Waals surface area (Å²) in [5.41, 5.74) is 0.961. The first-order chi connectivity index (χ1) is 14.3. The molecule has 3 aromatic rings. The standard InChI is InChI=1S/C19H18F3N5O2S/c1-26(10-12-6-8-13(9-7-12)29-18(21)22)16(28)11-30-19-25-24-17(27(19)23)14-4-2-3-5-15(14)20/h2-9,18H,10-11,23H2,1H3. The van der Waals surface area contributed by atoms with Gasteiger partial charge in [-0.3, -0.25) is 4.79 Å². The lowest BCUT2D eigenvalue weighted by Gasteiger charge is -2.17. The molecule has 0 atom stereocenters. The fraction of sp³-hybridized carbons (Fsp3) is 0.211. The predicted molar refractivity (Wildman–Crippen MR) is 106 cm³/mol. The van der Waals surface area contributed by atoms with Crippen molar-refractivity contribution in [1.29, 1.82) is 0 Å². The van der Waals surface area contributed by atoms with Crippen molar-refractivity contribution < 1.29 is 22.7 Å². The number of halogens is 3. The van der Waals surface area contributed by atoms with Gasteiger partial charge in [0.25, 0.3) is 0 Å². The van der Waals surface area contributed by atoms with Gasteiger partial charge in [0.2, 0.25) is 11.1 Å². The van der Waals surface area contributed by atoms with Crippen molar-refractivity contribution in [1.82, 2.24) is 19.8 Å². The van der Waals surface area contributed by atoms with Gasteiger partial charge in [0.1, 0.15) is 11.6 Å². The maximum absolute atomic E-state index is 13.9. The van der Waals surface area contributed by atoms with Crippen molar-refractivity contribution in [3.8, 4) is 17.1 Å². The molecule has 1 aromatic heterocycles. The third-order valence-electron chi connectivity index (χ3n) is 4.10. The molecule has 0 aliphatic heterocycles. The van der Waals surface area contributed by atoms with E-state index in [1.807, 2.05) is 0 Å². The number of rotatable bonds is 8. The van der Waals surface area contributed by atoms with Gasteiger partial charge >= 0.3 is 6.61 Å². The topological polar surface area (TPSA) is 86.3 Å². The average Bonchev–Trinajstić information content (AvgIpc) is 3.08. The smallest absolute Gasteiger partial charge is 0.387 e. The zero-order valence-electron chi connectivity index (χ0n) is 15.8. The fourth-order valence-corrected chi connectivity index (χ4v) is 3.37. The van der Waals surface area contributed by atoms with Crippen molar-refractivity contribution in [2.45, 2.75) is 18.3 Å². The number of nitrogen functional groups attached to an aromatic ring is 1. The molecular weight excluding hydrogens is 419 g/mol. The molecule has 7 nitrogen and oxygen atoms in total. The summed E-state index contributed by atoms with van der Waals surface area (Å²) < 4.78 is 43.7. The Kier molecular flexibility index (Phi) is 6.83. The lowest BCUT2D eigenvalue weighted by molar-refractivity contribution is -0.127. The van der Waals surface area contributed by atoms with Crippen LogP contribution in [0, 0.1) is 5.82 Å². The minimum atomic E-state index is -2.89. The molecule has 158 valence electrons. The molecule has 0 bridgehead atoms. The van der Waals surface area contributed by atoms with Crippen LogP contribution >= 0.6 is 11.8 Å². The zero-order chi connectivity index (χ0) is 21.7. The number of benzene rings is 2. The molecule has 0 saturated heterocycles. The Hall–Kier alpha value is -3.21. The van der Waals surface area contributed by atoms with Crippen molar-refractivity contribution in [3.05, 3.63) is 59.9 Å². The van der Waals surface area contributed by atoms with E-state index in [1.165, 1.54) is 29.2 Å². The molecule has 11 heteroatoms. The maximum Gasteiger partial charge on any atom is 0.387 e. The first kappa shape index (κ1) is 21.5.